The first-order chi connectivity index (χ1) is 11.5. The Morgan fingerprint density at radius 3 is 2.67 bits per heavy atom. The fourth-order valence-corrected chi connectivity index (χ4v) is 2.93. The number of hydrogen-bond acceptors (Lipinski definition) is 4. The Morgan fingerprint density at radius 1 is 1.21 bits per heavy atom. The van der Waals surface area contributed by atoms with Crippen LogP contribution >= 0.6 is 0 Å². The molecule has 0 saturated carbocycles. The maximum absolute atomic E-state index is 9.43. The number of ether oxygens (including phenoxy) is 2. The molecule has 1 aliphatic heterocycles. The number of aliphatic hydroxyl groups excluding tert-OH is 1. The van der Waals surface area contributed by atoms with Gasteiger partial charge in [0, 0.05) is 12.2 Å². The van der Waals surface area contributed by atoms with Gasteiger partial charge < -0.3 is 14.6 Å². The van der Waals surface area contributed by atoms with Crippen LogP contribution in [0.15, 0.2) is 47.5 Å². The highest BCUT2D eigenvalue weighted by molar-refractivity contribution is 6.03. The summed E-state index contributed by atoms with van der Waals surface area (Å²) in [6, 6.07) is 14.0. The molecule has 0 bridgehead atoms. The SMILES string of the molecule is COc1cccc(-c2cccc(CCO)c2C2=NC(C)(C)CO2)c1. The van der Waals surface area contributed by atoms with Crippen LogP contribution in [0.4, 0.5) is 0 Å². The van der Waals surface area contributed by atoms with Crippen molar-refractivity contribution < 1.29 is 14.6 Å². The maximum Gasteiger partial charge on any atom is 0.217 e. The molecule has 0 spiro atoms. The van der Waals surface area contributed by atoms with E-state index in [-0.39, 0.29) is 12.1 Å². The molecule has 2 aromatic carbocycles. The molecule has 4 heteroatoms. The van der Waals surface area contributed by atoms with Crippen LogP contribution in [0.5, 0.6) is 5.75 Å². The summed E-state index contributed by atoms with van der Waals surface area (Å²) in [4.78, 5) is 4.74. The lowest BCUT2D eigenvalue weighted by Gasteiger charge is -2.15. The van der Waals surface area contributed by atoms with Crippen molar-refractivity contribution in [3.05, 3.63) is 53.6 Å². The first kappa shape index (κ1) is 16.5. The monoisotopic (exact) mass is 325 g/mol. The first-order valence-electron chi connectivity index (χ1n) is 8.14. The lowest BCUT2D eigenvalue weighted by Crippen LogP contribution is -2.17. The van der Waals surface area contributed by atoms with Gasteiger partial charge >= 0.3 is 0 Å². The molecule has 1 aliphatic rings. The number of methoxy groups -OCH3 is 1. The van der Waals surface area contributed by atoms with Crippen molar-refractivity contribution in [3.63, 3.8) is 0 Å². The second-order valence-corrected chi connectivity index (χ2v) is 6.56. The summed E-state index contributed by atoms with van der Waals surface area (Å²) < 4.78 is 11.2. The van der Waals surface area contributed by atoms with Gasteiger partial charge in [-0.05, 0) is 49.1 Å². The van der Waals surface area contributed by atoms with Crippen molar-refractivity contribution in [2.45, 2.75) is 25.8 Å². The summed E-state index contributed by atoms with van der Waals surface area (Å²) in [5, 5.41) is 9.43. The fraction of sp³-hybridized carbons (Fsp3) is 0.350. The van der Waals surface area contributed by atoms with Gasteiger partial charge in [-0.3, -0.25) is 0 Å². The van der Waals surface area contributed by atoms with E-state index in [4.69, 9.17) is 14.5 Å². The van der Waals surface area contributed by atoms with Gasteiger partial charge in [0.2, 0.25) is 5.90 Å². The molecule has 0 radical (unpaired) electrons. The number of aliphatic hydroxyl groups is 1. The highest BCUT2D eigenvalue weighted by Crippen LogP contribution is 2.32. The smallest absolute Gasteiger partial charge is 0.217 e. The Labute approximate surface area is 142 Å². The molecule has 0 amide bonds. The topological polar surface area (TPSA) is 51.0 Å². The Hall–Kier alpha value is -2.33. The molecule has 1 N–H and O–H groups in total. The fourth-order valence-electron chi connectivity index (χ4n) is 2.93. The molecule has 4 nitrogen and oxygen atoms in total. The van der Waals surface area contributed by atoms with E-state index in [2.05, 4.69) is 19.9 Å². The molecular weight excluding hydrogens is 302 g/mol. The van der Waals surface area contributed by atoms with Gasteiger partial charge in [0.25, 0.3) is 0 Å². The summed E-state index contributed by atoms with van der Waals surface area (Å²) in [7, 11) is 1.66. The largest absolute Gasteiger partial charge is 0.497 e. The van der Waals surface area contributed by atoms with Gasteiger partial charge in [-0.1, -0.05) is 30.3 Å². The summed E-state index contributed by atoms with van der Waals surface area (Å²) in [6.07, 6.45) is 0.565. The molecule has 126 valence electrons. The molecule has 24 heavy (non-hydrogen) atoms. The second kappa shape index (κ2) is 6.65. The summed E-state index contributed by atoms with van der Waals surface area (Å²) >= 11 is 0. The van der Waals surface area contributed by atoms with E-state index < -0.39 is 0 Å². The van der Waals surface area contributed by atoms with Crippen LogP contribution in [0, 0.1) is 0 Å². The summed E-state index contributed by atoms with van der Waals surface area (Å²) in [5.74, 6) is 1.46. The summed E-state index contributed by atoms with van der Waals surface area (Å²) in [5.41, 5.74) is 3.85. The van der Waals surface area contributed by atoms with Crippen LogP contribution < -0.4 is 4.74 Å². The quantitative estimate of drug-likeness (QED) is 0.916. The van der Waals surface area contributed by atoms with E-state index >= 15 is 0 Å². The number of nitrogens with zero attached hydrogens (tertiary/aromatic N) is 1. The minimum atomic E-state index is -0.229. The van der Waals surface area contributed by atoms with Crippen LogP contribution in [0.1, 0.15) is 25.0 Å². The average molecular weight is 325 g/mol. The number of aliphatic imine (C=N–C) groups is 1. The number of rotatable bonds is 5. The van der Waals surface area contributed by atoms with Crippen molar-refractivity contribution in [1.29, 1.82) is 0 Å². The Bertz CT molecular complexity index is 765. The summed E-state index contributed by atoms with van der Waals surface area (Å²) in [6.45, 7) is 4.76. The second-order valence-electron chi connectivity index (χ2n) is 6.56. The standard InChI is InChI=1S/C20H23NO3/c1-20(2)13-24-19(21-20)18-14(10-11-22)6-5-9-17(18)15-7-4-8-16(12-15)23-3/h4-9,12,22H,10-11,13H2,1-3H3. The van der Waals surface area contributed by atoms with E-state index in [1.165, 1.54) is 0 Å². The number of hydrogen-bond donors (Lipinski definition) is 1. The zero-order valence-corrected chi connectivity index (χ0v) is 14.4. The van der Waals surface area contributed by atoms with Gasteiger partial charge in [0.15, 0.2) is 0 Å². The van der Waals surface area contributed by atoms with Gasteiger partial charge in [0.05, 0.1) is 12.6 Å². The van der Waals surface area contributed by atoms with Gasteiger partial charge in [0.1, 0.15) is 12.4 Å². The van der Waals surface area contributed by atoms with Crippen LogP contribution in [-0.2, 0) is 11.2 Å². The molecule has 0 atom stereocenters. The van der Waals surface area contributed by atoms with E-state index in [1.807, 2.05) is 36.4 Å². The Morgan fingerprint density at radius 2 is 2.00 bits per heavy atom. The third kappa shape index (κ3) is 3.29. The van der Waals surface area contributed by atoms with Crippen molar-refractivity contribution in [2.24, 2.45) is 4.99 Å². The maximum atomic E-state index is 9.43. The Balaban J connectivity index is 2.17. The average Bonchev–Trinajstić information content (AvgIpc) is 2.94. The van der Waals surface area contributed by atoms with E-state index in [1.54, 1.807) is 7.11 Å². The zero-order chi connectivity index (χ0) is 17.2. The normalized spacial score (nSPS) is 15.8. The zero-order valence-electron chi connectivity index (χ0n) is 14.4. The van der Waals surface area contributed by atoms with E-state index in [0.29, 0.717) is 18.9 Å². The molecule has 0 aromatic heterocycles. The number of benzene rings is 2. The molecule has 1 heterocycles. The predicted octanol–water partition coefficient (Wildman–Crippen LogP) is 3.45. The van der Waals surface area contributed by atoms with Crippen molar-refractivity contribution in [1.82, 2.24) is 0 Å². The van der Waals surface area contributed by atoms with Gasteiger partial charge in [-0.2, -0.15) is 0 Å². The van der Waals surface area contributed by atoms with Crippen LogP contribution in [0.2, 0.25) is 0 Å². The van der Waals surface area contributed by atoms with Gasteiger partial charge in [-0.25, -0.2) is 4.99 Å². The van der Waals surface area contributed by atoms with Crippen LogP contribution in [0.25, 0.3) is 11.1 Å². The third-order valence-corrected chi connectivity index (χ3v) is 4.09. The van der Waals surface area contributed by atoms with Gasteiger partial charge in [-0.15, -0.1) is 0 Å². The Kier molecular flexibility index (Phi) is 4.58. The van der Waals surface area contributed by atoms with Crippen molar-refractivity contribution >= 4 is 5.90 Å². The van der Waals surface area contributed by atoms with Crippen molar-refractivity contribution in [2.75, 3.05) is 20.3 Å². The molecule has 0 aliphatic carbocycles. The molecule has 2 aromatic rings. The highest BCUT2D eigenvalue weighted by Gasteiger charge is 2.29. The molecule has 3 rings (SSSR count). The van der Waals surface area contributed by atoms with Crippen LogP contribution in [0.3, 0.4) is 0 Å². The third-order valence-electron chi connectivity index (χ3n) is 4.09. The van der Waals surface area contributed by atoms with Crippen LogP contribution in [-0.4, -0.2) is 36.9 Å². The highest BCUT2D eigenvalue weighted by atomic mass is 16.5. The minimum absolute atomic E-state index is 0.0885. The minimum Gasteiger partial charge on any atom is -0.497 e. The molecule has 0 unspecified atom stereocenters. The first-order valence-corrected chi connectivity index (χ1v) is 8.14. The van der Waals surface area contributed by atoms with E-state index in [0.717, 1.165) is 28.0 Å². The lowest BCUT2D eigenvalue weighted by atomic mass is 9.93. The lowest BCUT2D eigenvalue weighted by molar-refractivity contribution is 0.279. The predicted molar refractivity (Wildman–Crippen MR) is 95.8 cm³/mol. The molecular formula is C20H23NO3. The van der Waals surface area contributed by atoms with Crippen molar-refractivity contribution in [3.8, 4) is 16.9 Å². The molecule has 0 fully saturated rings. The molecule has 0 saturated heterocycles. The van der Waals surface area contributed by atoms with E-state index in [9.17, 15) is 5.11 Å².